The minimum absolute atomic E-state index is 0.172. The lowest BCUT2D eigenvalue weighted by atomic mass is 10.1. The van der Waals surface area contributed by atoms with Crippen LogP contribution in [0.15, 0.2) is 22.7 Å². The molecule has 3 nitrogen and oxygen atoms in total. The van der Waals surface area contributed by atoms with Crippen LogP contribution in [0.4, 0.5) is 0 Å². The fourth-order valence-corrected chi connectivity index (χ4v) is 2.52. The first-order chi connectivity index (χ1) is 8.08. The molecular formula is C13H17BrN2O. The Morgan fingerprint density at radius 3 is 2.88 bits per heavy atom. The van der Waals surface area contributed by atoms with E-state index in [9.17, 15) is 4.79 Å². The van der Waals surface area contributed by atoms with Gasteiger partial charge in [0.25, 0.3) is 5.91 Å². The predicted octanol–water partition coefficient (Wildman–Crippen LogP) is 2.36. The summed E-state index contributed by atoms with van der Waals surface area (Å²) in [5.41, 5.74) is 1.99. The molecule has 0 saturated carbocycles. The van der Waals surface area contributed by atoms with Crippen LogP contribution in [0.25, 0.3) is 0 Å². The minimum atomic E-state index is 0.172. The van der Waals surface area contributed by atoms with Crippen molar-refractivity contribution in [3.8, 4) is 0 Å². The van der Waals surface area contributed by atoms with Crippen molar-refractivity contribution in [2.24, 2.45) is 0 Å². The maximum Gasteiger partial charge on any atom is 0.254 e. The number of hydrogen-bond donors (Lipinski definition) is 0. The normalized spacial score (nSPS) is 14.6. The molecule has 1 aromatic rings. The molecule has 0 bridgehead atoms. The van der Waals surface area contributed by atoms with E-state index >= 15 is 0 Å². The summed E-state index contributed by atoms with van der Waals surface area (Å²) in [6.45, 7) is 2.61. The van der Waals surface area contributed by atoms with Gasteiger partial charge >= 0.3 is 0 Å². The third-order valence-electron chi connectivity index (χ3n) is 2.98. The van der Waals surface area contributed by atoms with Crippen molar-refractivity contribution in [2.75, 3.05) is 27.2 Å². The number of benzene rings is 1. The molecule has 0 unspecified atom stereocenters. The Balaban J connectivity index is 1.99. The van der Waals surface area contributed by atoms with Gasteiger partial charge in [0.05, 0.1) is 0 Å². The van der Waals surface area contributed by atoms with Crippen LogP contribution in [0.2, 0.25) is 0 Å². The Morgan fingerprint density at radius 1 is 1.41 bits per heavy atom. The Labute approximate surface area is 111 Å². The highest BCUT2D eigenvalue weighted by atomic mass is 79.9. The van der Waals surface area contributed by atoms with Gasteiger partial charge in [0.15, 0.2) is 0 Å². The fourth-order valence-electron chi connectivity index (χ4n) is 2.11. The fraction of sp³-hybridized carbons (Fsp3) is 0.462. The van der Waals surface area contributed by atoms with E-state index < -0.39 is 0 Å². The number of fused-ring (bicyclic) bond motifs is 1. The molecule has 0 aromatic heterocycles. The molecular weight excluding hydrogens is 280 g/mol. The average molecular weight is 297 g/mol. The number of carbonyl (C=O) groups excluding carboxylic acids is 1. The third-order valence-corrected chi connectivity index (χ3v) is 3.47. The van der Waals surface area contributed by atoms with Gasteiger partial charge in [0, 0.05) is 23.1 Å². The summed E-state index contributed by atoms with van der Waals surface area (Å²) in [6.07, 6.45) is 1.02. The van der Waals surface area contributed by atoms with E-state index in [1.165, 1.54) is 0 Å². The molecule has 4 heteroatoms. The number of halogens is 1. The first kappa shape index (κ1) is 12.6. The van der Waals surface area contributed by atoms with E-state index in [0.29, 0.717) is 0 Å². The summed E-state index contributed by atoms with van der Waals surface area (Å²) in [5, 5.41) is 0. The van der Waals surface area contributed by atoms with Gasteiger partial charge in [-0.05, 0) is 50.8 Å². The van der Waals surface area contributed by atoms with E-state index in [2.05, 4.69) is 34.9 Å². The van der Waals surface area contributed by atoms with Crippen molar-refractivity contribution in [3.05, 3.63) is 33.8 Å². The van der Waals surface area contributed by atoms with Gasteiger partial charge in [-0.1, -0.05) is 15.9 Å². The molecule has 0 atom stereocenters. The molecule has 0 saturated heterocycles. The highest BCUT2D eigenvalue weighted by Crippen LogP contribution is 2.25. The lowest BCUT2D eigenvalue weighted by molar-refractivity contribution is 0.0773. The van der Waals surface area contributed by atoms with Crippen LogP contribution in [0.1, 0.15) is 22.3 Å². The predicted molar refractivity (Wildman–Crippen MR) is 72.1 cm³/mol. The molecule has 0 fully saturated rings. The highest BCUT2D eigenvalue weighted by molar-refractivity contribution is 9.10. The first-order valence-corrected chi connectivity index (χ1v) is 6.59. The lowest BCUT2D eigenvalue weighted by Gasteiger charge is -2.17. The second-order valence-corrected chi connectivity index (χ2v) is 5.60. The highest BCUT2D eigenvalue weighted by Gasteiger charge is 2.26. The molecule has 0 aliphatic carbocycles. The molecule has 1 heterocycles. The molecule has 1 aromatic carbocycles. The van der Waals surface area contributed by atoms with Crippen LogP contribution in [0.3, 0.4) is 0 Å². The molecule has 17 heavy (non-hydrogen) atoms. The average Bonchev–Trinajstić information content (AvgIpc) is 2.55. The Morgan fingerprint density at radius 2 is 2.18 bits per heavy atom. The third kappa shape index (κ3) is 2.87. The van der Waals surface area contributed by atoms with E-state index in [-0.39, 0.29) is 5.91 Å². The van der Waals surface area contributed by atoms with Gasteiger partial charge in [-0.25, -0.2) is 0 Å². The Kier molecular flexibility index (Phi) is 3.84. The Bertz CT molecular complexity index is 431. The van der Waals surface area contributed by atoms with E-state index in [1.54, 1.807) is 0 Å². The van der Waals surface area contributed by atoms with E-state index in [0.717, 1.165) is 41.7 Å². The van der Waals surface area contributed by atoms with Crippen LogP contribution in [-0.4, -0.2) is 42.9 Å². The molecule has 1 aliphatic rings. The van der Waals surface area contributed by atoms with Crippen LogP contribution < -0.4 is 0 Å². The number of rotatable bonds is 4. The molecule has 0 spiro atoms. The van der Waals surface area contributed by atoms with Gasteiger partial charge in [-0.15, -0.1) is 0 Å². The van der Waals surface area contributed by atoms with Crippen molar-refractivity contribution in [1.82, 2.24) is 9.80 Å². The van der Waals surface area contributed by atoms with Gasteiger partial charge < -0.3 is 9.80 Å². The van der Waals surface area contributed by atoms with Gasteiger partial charge in [-0.2, -0.15) is 0 Å². The Hall–Kier alpha value is -0.870. The number of amides is 1. The van der Waals surface area contributed by atoms with Crippen LogP contribution >= 0.6 is 15.9 Å². The summed E-state index contributed by atoms with van der Waals surface area (Å²) in [4.78, 5) is 16.2. The van der Waals surface area contributed by atoms with Crippen molar-refractivity contribution in [3.63, 3.8) is 0 Å². The summed E-state index contributed by atoms with van der Waals surface area (Å²) in [6, 6.07) is 5.88. The van der Waals surface area contributed by atoms with Crippen molar-refractivity contribution in [1.29, 1.82) is 0 Å². The molecule has 1 amide bonds. The van der Waals surface area contributed by atoms with Gasteiger partial charge in [0.2, 0.25) is 0 Å². The molecule has 1 aliphatic heterocycles. The smallest absolute Gasteiger partial charge is 0.254 e. The molecule has 2 rings (SSSR count). The van der Waals surface area contributed by atoms with Crippen LogP contribution in [0, 0.1) is 0 Å². The van der Waals surface area contributed by atoms with Crippen molar-refractivity contribution >= 4 is 21.8 Å². The second kappa shape index (κ2) is 5.19. The van der Waals surface area contributed by atoms with Crippen molar-refractivity contribution in [2.45, 2.75) is 13.0 Å². The molecule has 92 valence electrons. The number of carbonyl (C=O) groups is 1. The maximum absolute atomic E-state index is 12.1. The summed E-state index contributed by atoms with van der Waals surface area (Å²) in [5.74, 6) is 0.172. The minimum Gasteiger partial charge on any atom is -0.334 e. The monoisotopic (exact) mass is 296 g/mol. The van der Waals surface area contributed by atoms with Crippen LogP contribution in [0.5, 0.6) is 0 Å². The zero-order valence-electron chi connectivity index (χ0n) is 10.2. The van der Waals surface area contributed by atoms with Gasteiger partial charge in [-0.3, -0.25) is 4.79 Å². The summed E-state index contributed by atoms with van der Waals surface area (Å²) in [7, 11) is 4.11. The second-order valence-electron chi connectivity index (χ2n) is 4.69. The van der Waals surface area contributed by atoms with Crippen LogP contribution in [-0.2, 0) is 6.54 Å². The largest absolute Gasteiger partial charge is 0.334 e. The summed E-state index contributed by atoms with van der Waals surface area (Å²) < 4.78 is 1.04. The zero-order valence-corrected chi connectivity index (χ0v) is 11.8. The van der Waals surface area contributed by atoms with Crippen molar-refractivity contribution < 1.29 is 4.79 Å². The summed E-state index contributed by atoms with van der Waals surface area (Å²) >= 11 is 3.44. The SMILES string of the molecule is CN(C)CCCN1Cc2cc(Br)ccc2C1=O. The lowest BCUT2D eigenvalue weighted by Crippen LogP contribution is -2.27. The standard InChI is InChI=1S/C13H17BrN2O/c1-15(2)6-3-7-16-9-10-8-11(14)4-5-12(10)13(16)17/h4-5,8H,3,6-7,9H2,1-2H3. The van der Waals surface area contributed by atoms with Gasteiger partial charge in [0.1, 0.15) is 0 Å². The van der Waals surface area contributed by atoms with E-state index in [1.807, 2.05) is 23.1 Å². The number of nitrogens with zero attached hydrogens (tertiary/aromatic N) is 2. The topological polar surface area (TPSA) is 23.6 Å². The first-order valence-electron chi connectivity index (χ1n) is 5.80. The maximum atomic E-state index is 12.1. The number of hydrogen-bond acceptors (Lipinski definition) is 2. The molecule has 0 radical (unpaired) electrons. The molecule has 0 N–H and O–H groups in total. The van der Waals surface area contributed by atoms with E-state index in [4.69, 9.17) is 0 Å². The zero-order chi connectivity index (χ0) is 12.4. The quantitative estimate of drug-likeness (QED) is 0.852.